The van der Waals surface area contributed by atoms with Crippen molar-refractivity contribution in [1.82, 2.24) is 20.8 Å². The van der Waals surface area contributed by atoms with E-state index in [9.17, 15) is 0 Å². The number of likely N-dealkylation sites (N-methyl/N-ethyl adjacent to an activating group) is 2. The third-order valence-electron chi connectivity index (χ3n) is 3.16. The van der Waals surface area contributed by atoms with Crippen molar-refractivity contribution in [3.8, 4) is 0 Å². The molecule has 0 aliphatic heterocycles. The molecule has 2 aromatic rings. The number of nitrogens with zero attached hydrogens (tertiary/aromatic N) is 1. The Hall–Kier alpha value is -1.39. The van der Waals surface area contributed by atoms with Crippen LogP contribution >= 0.6 is 0 Å². The molecule has 1 aromatic carbocycles. The molecule has 3 N–H and O–H groups in total. The van der Waals surface area contributed by atoms with Crippen molar-refractivity contribution in [3.63, 3.8) is 0 Å². The summed E-state index contributed by atoms with van der Waals surface area (Å²) in [5, 5.41) is 14.7. The largest absolute Gasteiger partial charge is 0.318 e. The quantitative estimate of drug-likeness (QED) is 0.723. The van der Waals surface area contributed by atoms with Crippen LogP contribution in [-0.4, -0.2) is 30.8 Å². The number of hydrogen-bond donors (Lipinski definition) is 3. The van der Waals surface area contributed by atoms with Crippen LogP contribution in [0.15, 0.2) is 24.4 Å². The summed E-state index contributed by atoms with van der Waals surface area (Å²) < 4.78 is 0. The molecular formula is C12H18N4. The fourth-order valence-electron chi connectivity index (χ4n) is 1.97. The highest BCUT2D eigenvalue weighted by Gasteiger charge is 2.23. The molecular weight excluding hydrogens is 200 g/mol. The molecule has 0 fully saturated rings. The van der Waals surface area contributed by atoms with Gasteiger partial charge in [-0.1, -0.05) is 6.07 Å². The van der Waals surface area contributed by atoms with Crippen molar-refractivity contribution in [3.05, 3.63) is 30.0 Å². The summed E-state index contributed by atoms with van der Waals surface area (Å²) >= 11 is 0. The SMILES string of the molecule is CNCC(C)(NC)c1ccc2[nH]ncc2c1. The highest BCUT2D eigenvalue weighted by molar-refractivity contribution is 5.78. The summed E-state index contributed by atoms with van der Waals surface area (Å²) in [6, 6.07) is 6.38. The van der Waals surface area contributed by atoms with Crippen molar-refractivity contribution in [1.29, 1.82) is 0 Å². The maximum Gasteiger partial charge on any atom is 0.0650 e. The Kier molecular flexibility index (Phi) is 2.94. The van der Waals surface area contributed by atoms with Gasteiger partial charge in [0.2, 0.25) is 0 Å². The van der Waals surface area contributed by atoms with Gasteiger partial charge in [0.15, 0.2) is 0 Å². The smallest absolute Gasteiger partial charge is 0.0650 e. The van der Waals surface area contributed by atoms with E-state index in [1.807, 2.05) is 20.3 Å². The van der Waals surface area contributed by atoms with Crippen molar-refractivity contribution in [2.75, 3.05) is 20.6 Å². The molecule has 0 aliphatic rings. The van der Waals surface area contributed by atoms with Crippen molar-refractivity contribution >= 4 is 10.9 Å². The summed E-state index contributed by atoms with van der Waals surface area (Å²) in [6.07, 6.45) is 1.86. The molecule has 4 nitrogen and oxygen atoms in total. The zero-order chi connectivity index (χ0) is 11.6. The molecule has 16 heavy (non-hydrogen) atoms. The predicted molar refractivity (Wildman–Crippen MR) is 66.4 cm³/mol. The van der Waals surface area contributed by atoms with Gasteiger partial charge in [0.25, 0.3) is 0 Å². The molecule has 2 rings (SSSR count). The second-order valence-electron chi connectivity index (χ2n) is 4.28. The molecule has 0 radical (unpaired) electrons. The van der Waals surface area contributed by atoms with Crippen LogP contribution in [0.25, 0.3) is 10.9 Å². The summed E-state index contributed by atoms with van der Waals surface area (Å²) in [7, 11) is 3.95. The molecule has 0 amide bonds. The zero-order valence-corrected chi connectivity index (χ0v) is 9.96. The highest BCUT2D eigenvalue weighted by Crippen LogP contribution is 2.23. The lowest BCUT2D eigenvalue weighted by Crippen LogP contribution is -2.44. The number of fused-ring (bicyclic) bond motifs is 1. The third kappa shape index (κ3) is 1.81. The van der Waals surface area contributed by atoms with Gasteiger partial charge >= 0.3 is 0 Å². The number of aromatic nitrogens is 2. The first-order valence-corrected chi connectivity index (χ1v) is 5.47. The van der Waals surface area contributed by atoms with Gasteiger partial charge in [-0.3, -0.25) is 5.10 Å². The van der Waals surface area contributed by atoms with E-state index in [1.54, 1.807) is 0 Å². The maximum atomic E-state index is 4.04. The van der Waals surface area contributed by atoms with Crippen molar-refractivity contribution < 1.29 is 0 Å². The van der Waals surface area contributed by atoms with Gasteiger partial charge in [0.05, 0.1) is 17.3 Å². The molecule has 1 aromatic heterocycles. The number of H-pyrrole nitrogens is 1. The van der Waals surface area contributed by atoms with E-state index in [0.717, 1.165) is 17.4 Å². The Labute approximate surface area is 95.4 Å². The van der Waals surface area contributed by atoms with Gasteiger partial charge in [-0.15, -0.1) is 0 Å². The van der Waals surface area contributed by atoms with Crippen LogP contribution < -0.4 is 10.6 Å². The number of benzene rings is 1. The molecule has 1 unspecified atom stereocenters. The van der Waals surface area contributed by atoms with E-state index in [0.29, 0.717) is 0 Å². The van der Waals surface area contributed by atoms with Crippen LogP contribution in [0.4, 0.5) is 0 Å². The Bertz CT molecular complexity index is 477. The van der Waals surface area contributed by atoms with Gasteiger partial charge in [-0.2, -0.15) is 5.10 Å². The topological polar surface area (TPSA) is 52.7 Å². The minimum absolute atomic E-state index is 0.0553. The van der Waals surface area contributed by atoms with Crippen LogP contribution in [0.2, 0.25) is 0 Å². The Morgan fingerprint density at radius 2 is 2.19 bits per heavy atom. The van der Waals surface area contributed by atoms with E-state index in [1.165, 1.54) is 5.56 Å². The zero-order valence-electron chi connectivity index (χ0n) is 9.96. The van der Waals surface area contributed by atoms with Crippen LogP contribution in [0.3, 0.4) is 0 Å². The normalized spacial score (nSPS) is 15.2. The second kappa shape index (κ2) is 4.23. The fourth-order valence-corrected chi connectivity index (χ4v) is 1.97. The second-order valence-corrected chi connectivity index (χ2v) is 4.28. The molecule has 0 spiro atoms. The molecule has 0 saturated carbocycles. The average molecular weight is 218 g/mol. The van der Waals surface area contributed by atoms with Crippen LogP contribution in [0, 0.1) is 0 Å². The van der Waals surface area contributed by atoms with Gasteiger partial charge in [0, 0.05) is 11.9 Å². The van der Waals surface area contributed by atoms with Crippen LogP contribution in [-0.2, 0) is 5.54 Å². The average Bonchev–Trinajstić information content (AvgIpc) is 2.76. The third-order valence-corrected chi connectivity index (χ3v) is 3.16. The summed E-state index contributed by atoms with van der Waals surface area (Å²) in [5.74, 6) is 0. The summed E-state index contributed by atoms with van der Waals surface area (Å²) in [5.41, 5.74) is 2.28. The van der Waals surface area contributed by atoms with E-state index >= 15 is 0 Å². The van der Waals surface area contributed by atoms with E-state index < -0.39 is 0 Å². The molecule has 1 atom stereocenters. The number of rotatable bonds is 4. The van der Waals surface area contributed by atoms with Crippen LogP contribution in [0.5, 0.6) is 0 Å². The van der Waals surface area contributed by atoms with E-state index in [4.69, 9.17) is 0 Å². The standard InChI is InChI=1S/C12H18N4/c1-12(14-3,8-13-2)10-4-5-11-9(6-10)7-15-16-11/h4-7,13-14H,8H2,1-3H3,(H,15,16). The van der Waals surface area contributed by atoms with Gasteiger partial charge in [-0.05, 0) is 38.7 Å². The maximum absolute atomic E-state index is 4.04. The fraction of sp³-hybridized carbons (Fsp3) is 0.417. The van der Waals surface area contributed by atoms with Crippen molar-refractivity contribution in [2.24, 2.45) is 0 Å². The number of aromatic amines is 1. The highest BCUT2D eigenvalue weighted by atomic mass is 15.1. The molecule has 4 heteroatoms. The van der Waals surface area contributed by atoms with E-state index in [-0.39, 0.29) is 5.54 Å². The minimum Gasteiger partial charge on any atom is -0.318 e. The first-order valence-electron chi connectivity index (χ1n) is 5.47. The lowest BCUT2D eigenvalue weighted by atomic mass is 9.91. The lowest BCUT2D eigenvalue weighted by Gasteiger charge is -2.29. The number of nitrogens with one attached hydrogen (secondary N) is 3. The lowest BCUT2D eigenvalue weighted by molar-refractivity contribution is 0.385. The monoisotopic (exact) mass is 218 g/mol. The van der Waals surface area contributed by atoms with Gasteiger partial charge < -0.3 is 10.6 Å². The first-order chi connectivity index (χ1) is 7.69. The van der Waals surface area contributed by atoms with Crippen molar-refractivity contribution in [2.45, 2.75) is 12.5 Å². The van der Waals surface area contributed by atoms with Gasteiger partial charge in [-0.25, -0.2) is 0 Å². The molecule has 0 bridgehead atoms. The first kappa shape index (κ1) is 11.1. The Morgan fingerprint density at radius 3 is 2.88 bits per heavy atom. The minimum atomic E-state index is -0.0553. The Morgan fingerprint density at radius 1 is 1.38 bits per heavy atom. The molecule has 0 saturated heterocycles. The van der Waals surface area contributed by atoms with Crippen LogP contribution in [0.1, 0.15) is 12.5 Å². The molecule has 1 heterocycles. The summed E-state index contributed by atoms with van der Waals surface area (Å²) in [6.45, 7) is 3.07. The number of hydrogen-bond acceptors (Lipinski definition) is 3. The van der Waals surface area contributed by atoms with Gasteiger partial charge in [0.1, 0.15) is 0 Å². The predicted octanol–water partition coefficient (Wildman–Crippen LogP) is 1.22. The summed E-state index contributed by atoms with van der Waals surface area (Å²) in [4.78, 5) is 0. The van der Waals surface area contributed by atoms with E-state index in [2.05, 4.69) is 46.0 Å². The molecule has 0 aliphatic carbocycles. The Balaban J connectivity index is 2.44. The molecule has 86 valence electrons.